The number of ether oxygens (including phenoxy) is 1. The second-order valence-electron chi connectivity index (χ2n) is 6.15. The summed E-state index contributed by atoms with van der Waals surface area (Å²) in [4.78, 5) is 27.0. The Kier molecular flexibility index (Phi) is 6.11. The first-order valence-corrected chi connectivity index (χ1v) is 7.62. The summed E-state index contributed by atoms with van der Waals surface area (Å²) in [7, 11) is 0. The fraction of sp³-hybridized carbons (Fsp3) is 0.857. The van der Waals surface area contributed by atoms with Gasteiger partial charge in [-0.05, 0) is 40.0 Å². The molecule has 1 saturated heterocycles. The minimum atomic E-state index is -0.485. The lowest BCUT2D eigenvalue weighted by Gasteiger charge is -2.28. The van der Waals surface area contributed by atoms with Crippen LogP contribution in [0, 0.1) is 5.92 Å². The molecule has 6 heteroatoms. The predicted molar refractivity (Wildman–Crippen MR) is 78.9 cm³/mol. The van der Waals surface area contributed by atoms with Crippen molar-refractivity contribution in [2.75, 3.05) is 32.1 Å². The molecule has 0 saturated carbocycles. The minimum Gasteiger partial charge on any atom is -0.444 e. The maximum atomic E-state index is 12.1. The summed E-state index contributed by atoms with van der Waals surface area (Å²) in [5.74, 6) is 0.292. The largest absolute Gasteiger partial charge is 0.444 e. The van der Waals surface area contributed by atoms with Crippen molar-refractivity contribution < 1.29 is 14.3 Å². The van der Waals surface area contributed by atoms with E-state index in [1.807, 2.05) is 27.7 Å². The van der Waals surface area contributed by atoms with Gasteiger partial charge in [0, 0.05) is 26.2 Å². The molecule has 20 heavy (non-hydrogen) atoms. The second-order valence-corrected chi connectivity index (χ2v) is 6.41. The summed E-state index contributed by atoms with van der Waals surface area (Å²) < 4.78 is 5.38. The summed E-state index contributed by atoms with van der Waals surface area (Å²) in [6.45, 7) is 10.1. The third kappa shape index (κ3) is 5.19. The van der Waals surface area contributed by atoms with E-state index in [4.69, 9.17) is 16.3 Å². The average Bonchev–Trinajstić information content (AvgIpc) is 2.81. The zero-order chi connectivity index (χ0) is 15.3. The fourth-order valence-electron chi connectivity index (χ4n) is 2.26. The van der Waals surface area contributed by atoms with Crippen LogP contribution in [0.5, 0.6) is 0 Å². The van der Waals surface area contributed by atoms with Gasteiger partial charge < -0.3 is 14.5 Å². The average molecular weight is 305 g/mol. The molecule has 1 heterocycles. The molecule has 0 aliphatic carbocycles. The van der Waals surface area contributed by atoms with Crippen LogP contribution < -0.4 is 0 Å². The fourth-order valence-corrected chi connectivity index (χ4v) is 2.43. The first kappa shape index (κ1) is 17.1. The molecule has 0 aromatic carbocycles. The van der Waals surface area contributed by atoms with Crippen LogP contribution in [0.4, 0.5) is 4.79 Å². The van der Waals surface area contributed by atoms with Gasteiger partial charge in [0.1, 0.15) is 11.5 Å². The first-order valence-electron chi connectivity index (χ1n) is 7.08. The third-order valence-corrected chi connectivity index (χ3v) is 3.49. The standard InChI is InChI=1S/C14H25ClN2O3/c1-5-16(13(19)20-14(2,3)4)9-11-6-7-17(10-11)12(18)8-15/h11H,5-10H2,1-4H3/t11-/m0/s1. The molecule has 1 aliphatic heterocycles. The van der Waals surface area contributed by atoms with E-state index in [1.165, 1.54) is 0 Å². The number of hydrogen-bond donors (Lipinski definition) is 0. The van der Waals surface area contributed by atoms with Crippen LogP contribution >= 0.6 is 11.6 Å². The Morgan fingerprint density at radius 3 is 2.55 bits per heavy atom. The van der Waals surface area contributed by atoms with Crippen molar-refractivity contribution in [2.24, 2.45) is 5.92 Å². The topological polar surface area (TPSA) is 49.9 Å². The molecule has 1 rings (SSSR count). The van der Waals surface area contributed by atoms with E-state index in [2.05, 4.69) is 0 Å². The number of likely N-dealkylation sites (tertiary alicyclic amines) is 1. The summed E-state index contributed by atoms with van der Waals surface area (Å²) in [6.07, 6.45) is 0.615. The van der Waals surface area contributed by atoms with E-state index in [1.54, 1.807) is 9.80 Å². The van der Waals surface area contributed by atoms with Gasteiger partial charge in [0.15, 0.2) is 0 Å². The Hall–Kier alpha value is -0.970. The van der Waals surface area contributed by atoms with Crippen LogP contribution in [-0.4, -0.2) is 59.5 Å². The Labute approximate surface area is 126 Å². The number of halogens is 1. The lowest BCUT2D eigenvalue weighted by molar-refractivity contribution is -0.127. The van der Waals surface area contributed by atoms with Gasteiger partial charge in [-0.25, -0.2) is 4.79 Å². The van der Waals surface area contributed by atoms with E-state index < -0.39 is 5.60 Å². The highest BCUT2D eigenvalue weighted by Crippen LogP contribution is 2.19. The van der Waals surface area contributed by atoms with Gasteiger partial charge in [0.05, 0.1) is 0 Å². The monoisotopic (exact) mass is 304 g/mol. The molecular weight excluding hydrogens is 280 g/mol. The van der Waals surface area contributed by atoms with Crippen molar-refractivity contribution >= 4 is 23.6 Å². The molecule has 5 nitrogen and oxygen atoms in total. The van der Waals surface area contributed by atoms with Crippen LogP contribution in [0.1, 0.15) is 34.1 Å². The van der Waals surface area contributed by atoms with E-state index in [9.17, 15) is 9.59 Å². The van der Waals surface area contributed by atoms with Gasteiger partial charge in [-0.3, -0.25) is 4.79 Å². The molecule has 0 aromatic rings. The van der Waals surface area contributed by atoms with Crippen molar-refractivity contribution in [3.63, 3.8) is 0 Å². The van der Waals surface area contributed by atoms with Crippen LogP contribution in [0.15, 0.2) is 0 Å². The zero-order valence-corrected chi connectivity index (χ0v) is 13.6. The maximum Gasteiger partial charge on any atom is 0.410 e. The van der Waals surface area contributed by atoms with Crippen molar-refractivity contribution in [1.82, 2.24) is 9.80 Å². The molecule has 0 N–H and O–H groups in total. The van der Waals surface area contributed by atoms with Crippen LogP contribution in [0.25, 0.3) is 0 Å². The third-order valence-electron chi connectivity index (χ3n) is 3.26. The van der Waals surface area contributed by atoms with Crippen molar-refractivity contribution in [3.8, 4) is 0 Å². The van der Waals surface area contributed by atoms with Crippen molar-refractivity contribution in [3.05, 3.63) is 0 Å². The highest BCUT2D eigenvalue weighted by atomic mass is 35.5. The number of alkyl halides is 1. The second kappa shape index (κ2) is 7.16. The minimum absolute atomic E-state index is 0.0241. The van der Waals surface area contributed by atoms with Crippen LogP contribution in [0.3, 0.4) is 0 Å². The molecule has 1 atom stereocenters. The van der Waals surface area contributed by atoms with Crippen LogP contribution in [0.2, 0.25) is 0 Å². The molecule has 0 aromatic heterocycles. The van der Waals surface area contributed by atoms with Gasteiger partial charge in [-0.15, -0.1) is 11.6 Å². The van der Waals surface area contributed by atoms with Gasteiger partial charge in [0.2, 0.25) is 5.91 Å². The number of carbonyl (C=O) groups is 2. The summed E-state index contributed by atoms with van der Waals surface area (Å²) in [5.41, 5.74) is -0.485. The van der Waals surface area contributed by atoms with Crippen molar-refractivity contribution in [1.29, 1.82) is 0 Å². The lowest BCUT2D eigenvalue weighted by Crippen LogP contribution is -2.40. The zero-order valence-electron chi connectivity index (χ0n) is 12.8. The molecule has 116 valence electrons. The highest BCUT2D eigenvalue weighted by molar-refractivity contribution is 6.27. The Morgan fingerprint density at radius 1 is 1.40 bits per heavy atom. The normalized spacial score (nSPS) is 19.1. The van der Waals surface area contributed by atoms with Gasteiger partial charge >= 0.3 is 6.09 Å². The molecule has 0 radical (unpaired) electrons. The summed E-state index contributed by atoms with van der Waals surface area (Å²) in [6, 6.07) is 0. The van der Waals surface area contributed by atoms with Crippen molar-refractivity contribution in [2.45, 2.75) is 39.7 Å². The maximum absolute atomic E-state index is 12.1. The van der Waals surface area contributed by atoms with E-state index in [-0.39, 0.29) is 17.9 Å². The number of amides is 2. The predicted octanol–water partition coefficient (Wildman–Crippen LogP) is 2.33. The Morgan fingerprint density at radius 2 is 2.05 bits per heavy atom. The number of rotatable bonds is 4. The van der Waals surface area contributed by atoms with E-state index >= 15 is 0 Å². The number of nitrogens with zero attached hydrogens (tertiary/aromatic N) is 2. The highest BCUT2D eigenvalue weighted by Gasteiger charge is 2.29. The first-order chi connectivity index (χ1) is 9.26. The van der Waals surface area contributed by atoms with Gasteiger partial charge in [0.25, 0.3) is 0 Å². The van der Waals surface area contributed by atoms with Gasteiger partial charge in [-0.1, -0.05) is 0 Å². The molecule has 0 bridgehead atoms. The number of carbonyl (C=O) groups excluding carboxylic acids is 2. The summed E-state index contributed by atoms with van der Waals surface area (Å²) >= 11 is 5.56. The van der Waals surface area contributed by atoms with E-state index in [0.29, 0.717) is 25.6 Å². The molecule has 2 amide bonds. The van der Waals surface area contributed by atoms with Gasteiger partial charge in [-0.2, -0.15) is 0 Å². The lowest BCUT2D eigenvalue weighted by atomic mass is 10.1. The van der Waals surface area contributed by atoms with Crippen LogP contribution in [-0.2, 0) is 9.53 Å². The summed E-state index contributed by atoms with van der Waals surface area (Å²) in [5, 5.41) is 0. The molecular formula is C14H25ClN2O3. The Balaban J connectivity index is 2.49. The number of hydrogen-bond acceptors (Lipinski definition) is 3. The molecule has 0 spiro atoms. The quantitative estimate of drug-likeness (QED) is 0.749. The SMILES string of the molecule is CCN(C[C@@H]1CCN(C(=O)CCl)C1)C(=O)OC(C)(C)C. The van der Waals surface area contributed by atoms with E-state index in [0.717, 1.165) is 13.0 Å². The molecule has 0 unspecified atom stereocenters. The smallest absolute Gasteiger partial charge is 0.410 e. The Bertz CT molecular complexity index is 355. The molecule has 1 fully saturated rings. The molecule has 1 aliphatic rings.